The van der Waals surface area contributed by atoms with Gasteiger partial charge in [-0.05, 0) is 19.3 Å². The van der Waals surface area contributed by atoms with Crippen LogP contribution >= 0.6 is 0 Å². The molecule has 0 aliphatic carbocycles. The Balaban J connectivity index is 2.74. The minimum absolute atomic E-state index is 0.108. The minimum atomic E-state index is -1.44. The van der Waals surface area contributed by atoms with Crippen molar-refractivity contribution >= 4 is 0 Å². The van der Waals surface area contributed by atoms with Crippen LogP contribution in [0.2, 0.25) is 0 Å². The van der Waals surface area contributed by atoms with Crippen LogP contribution in [-0.4, -0.2) is 106 Å². The normalized spacial score (nSPS) is 34.5. The van der Waals surface area contributed by atoms with E-state index in [0.29, 0.717) is 0 Å². The van der Waals surface area contributed by atoms with E-state index in [-0.39, 0.29) is 18.9 Å². The Kier molecular flexibility index (Phi) is 9.87. The minimum Gasteiger partial charge on any atom is -0.394 e. The van der Waals surface area contributed by atoms with Crippen molar-refractivity contribution in [2.75, 3.05) is 20.3 Å². The molecule has 9 atom stereocenters. The van der Waals surface area contributed by atoms with Gasteiger partial charge in [-0.15, -0.1) is 0 Å². The van der Waals surface area contributed by atoms with Crippen LogP contribution < -0.4 is 0 Å². The van der Waals surface area contributed by atoms with Gasteiger partial charge in [0.2, 0.25) is 0 Å². The molecule has 1 rings (SSSR count). The van der Waals surface area contributed by atoms with Gasteiger partial charge in [0.15, 0.2) is 0 Å². The Hall–Kier alpha value is -0.360. The van der Waals surface area contributed by atoms with Gasteiger partial charge in [-0.25, -0.2) is 0 Å². The summed E-state index contributed by atoms with van der Waals surface area (Å²) in [6, 6.07) is 0. The SMILES string of the molecule is COC1C(C)OC(COC(C(O)CO)C(O)C(O)CC(C)C)C(O)C1O. The van der Waals surface area contributed by atoms with Gasteiger partial charge in [0.05, 0.1) is 25.4 Å². The van der Waals surface area contributed by atoms with Crippen LogP contribution in [0.4, 0.5) is 0 Å². The molecule has 0 saturated carbocycles. The molecular weight excluding hydrogens is 348 g/mol. The quantitative estimate of drug-likeness (QED) is 0.253. The van der Waals surface area contributed by atoms with Crippen molar-refractivity contribution in [2.24, 2.45) is 5.92 Å². The molecule has 9 nitrogen and oxygen atoms in total. The van der Waals surface area contributed by atoms with Gasteiger partial charge in [-0.3, -0.25) is 0 Å². The number of aliphatic hydroxyl groups is 6. The van der Waals surface area contributed by atoms with Crippen LogP contribution in [0.25, 0.3) is 0 Å². The van der Waals surface area contributed by atoms with Crippen molar-refractivity contribution in [1.29, 1.82) is 0 Å². The van der Waals surface area contributed by atoms with Crippen LogP contribution in [0.1, 0.15) is 27.2 Å². The second-order valence-corrected chi connectivity index (χ2v) is 7.30. The third-order valence-electron chi connectivity index (χ3n) is 4.65. The topological polar surface area (TPSA) is 149 Å². The first kappa shape index (κ1) is 23.7. The lowest BCUT2D eigenvalue weighted by Gasteiger charge is -2.41. The van der Waals surface area contributed by atoms with Crippen molar-refractivity contribution in [3.05, 3.63) is 0 Å². The highest BCUT2D eigenvalue weighted by Crippen LogP contribution is 2.24. The summed E-state index contributed by atoms with van der Waals surface area (Å²) in [6.07, 6.45) is -9.62. The number of aliphatic hydroxyl groups excluding tert-OH is 6. The zero-order valence-electron chi connectivity index (χ0n) is 15.8. The number of hydrogen-bond donors (Lipinski definition) is 6. The first-order valence-electron chi connectivity index (χ1n) is 8.95. The van der Waals surface area contributed by atoms with Crippen LogP contribution in [0.15, 0.2) is 0 Å². The highest BCUT2D eigenvalue weighted by atomic mass is 16.6. The lowest BCUT2D eigenvalue weighted by molar-refractivity contribution is -0.245. The first-order valence-corrected chi connectivity index (χ1v) is 8.95. The van der Waals surface area contributed by atoms with E-state index in [1.54, 1.807) is 6.92 Å². The molecule has 0 bridgehead atoms. The molecule has 0 radical (unpaired) electrons. The van der Waals surface area contributed by atoms with E-state index in [1.807, 2.05) is 13.8 Å². The van der Waals surface area contributed by atoms with Crippen LogP contribution in [-0.2, 0) is 14.2 Å². The van der Waals surface area contributed by atoms with E-state index in [2.05, 4.69) is 0 Å². The van der Waals surface area contributed by atoms with Crippen LogP contribution in [0.5, 0.6) is 0 Å². The highest BCUT2D eigenvalue weighted by molar-refractivity contribution is 4.92. The van der Waals surface area contributed by atoms with Crippen molar-refractivity contribution in [1.82, 2.24) is 0 Å². The predicted octanol–water partition coefficient (Wildman–Crippen LogP) is -1.98. The number of rotatable bonds is 10. The molecule has 1 aliphatic heterocycles. The molecule has 6 N–H and O–H groups in total. The third-order valence-corrected chi connectivity index (χ3v) is 4.65. The molecule has 9 heteroatoms. The highest BCUT2D eigenvalue weighted by Gasteiger charge is 2.44. The molecule has 0 amide bonds. The molecule has 1 fully saturated rings. The third kappa shape index (κ3) is 6.08. The fourth-order valence-corrected chi connectivity index (χ4v) is 3.18. The lowest BCUT2D eigenvalue weighted by Crippen LogP contribution is -2.59. The summed E-state index contributed by atoms with van der Waals surface area (Å²) in [6.45, 7) is 4.49. The van der Waals surface area contributed by atoms with E-state index < -0.39 is 61.5 Å². The Labute approximate surface area is 154 Å². The summed E-state index contributed by atoms with van der Waals surface area (Å²) in [7, 11) is 1.40. The standard InChI is InChI=1S/C17H34O9/c1-8(2)5-10(19)13(21)17(11(20)6-18)25-7-12-14(22)15(23)16(24-4)9(3)26-12/h8-23H,5-7H2,1-4H3. The molecule has 1 aliphatic rings. The fraction of sp³-hybridized carbons (Fsp3) is 1.00. The van der Waals surface area contributed by atoms with Gasteiger partial charge >= 0.3 is 0 Å². The van der Waals surface area contributed by atoms with Gasteiger partial charge < -0.3 is 44.8 Å². The second kappa shape index (κ2) is 10.8. The van der Waals surface area contributed by atoms with Crippen LogP contribution in [0, 0.1) is 5.92 Å². The summed E-state index contributed by atoms with van der Waals surface area (Å²) in [4.78, 5) is 0. The van der Waals surface area contributed by atoms with Gasteiger partial charge in [-0.1, -0.05) is 13.8 Å². The Morgan fingerprint density at radius 3 is 2.15 bits per heavy atom. The van der Waals surface area contributed by atoms with Crippen molar-refractivity contribution in [2.45, 2.75) is 82.1 Å². The average Bonchev–Trinajstić information content (AvgIpc) is 2.58. The molecular formula is C17H34O9. The maximum absolute atomic E-state index is 10.3. The van der Waals surface area contributed by atoms with Gasteiger partial charge in [0.1, 0.15) is 42.7 Å². The summed E-state index contributed by atoms with van der Waals surface area (Å²) in [5.74, 6) is 0.108. The Bertz CT molecular complexity index is 394. The monoisotopic (exact) mass is 382 g/mol. The molecule has 156 valence electrons. The van der Waals surface area contributed by atoms with Gasteiger partial charge in [0.25, 0.3) is 0 Å². The van der Waals surface area contributed by atoms with Crippen molar-refractivity contribution < 1.29 is 44.8 Å². The maximum Gasteiger partial charge on any atom is 0.114 e. The molecule has 0 aromatic heterocycles. The molecule has 26 heavy (non-hydrogen) atoms. The zero-order chi connectivity index (χ0) is 20.0. The molecule has 1 saturated heterocycles. The number of hydrogen-bond acceptors (Lipinski definition) is 9. The van der Waals surface area contributed by atoms with Crippen molar-refractivity contribution in [3.63, 3.8) is 0 Å². The van der Waals surface area contributed by atoms with E-state index in [1.165, 1.54) is 7.11 Å². The summed E-state index contributed by atoms with van der Waals surface area (Å²) in [5, 5.41) is 59.8. The summed E-state index contributed by atoms with van der Waals surface area (Å²) < 4.78 is 16.2. The maximum atomic E-state index is 10.3. The smallest absolute Gasteiger partial charge is 0.114 e. The van der Waals surface area contributed by atoms with Gasteiger partial charge in [-0.2, -0.15) is 0 Å². The summed E-state index contributed by atoms with van der Waals surface area (Å²) >= 11 is 0. The molecule has 9 unspecified atom stereocenters. The second-order valence-electron chi connectivity index (χ2n) is 7.30. The zero-order valence-corrected chi connectivity index (χ0v) is 15.8. The predicted molar refractivity (Wildman–Crippen MR) is 91.4 cm³/mol. The Morgan fingerprint density at radius 1 is 1.04 bits per heavy atom. The van der Waals surface area contributed by atoms with E-state index in [0.717, 1.165) is 0 Å². The van der Waals surface area contributed by atoms with E-state index in [4.69, 9.17) is 14.2 Å². The fourth-order valence-electron chi connectivity index (χ4n) is 3.18. The number of ether oxygens (including phenoxy) is 3. The molecule has 1 heterocycles. The average molecular weight is 382 g/mol. The summed E-state index contributed by atoms with van der Waals surface area (Å²) in [5.41, 5.74) is 0. The van der Waals surface area contributed by atoms with E-state index >= 15 is 0 Å². The lowest BCUT2D eigenvalue weighted by atomic mass is 9.95. The van der Waals surface area contributed by atoms with Crippen LogP contribution in [0.3, 0.4) is 0 Å². The van der Waals surface area contributed by atoms with Gasteiger partial charge in [0, 0.05) is 7.11 Å². The molecule has 0 aromatic rings. The number of methoxy groups -OCH3 is 1. The molecule has 0 spiro atoms. The largest absolute Gasteiger partial charge is 0.394 e. The Morgan fingerprint density at radius 2 is 1.65 bits per heavy atom. The first-order chi connectivity index (χ1) is 12.1. The van der Waals surface area contributed by atoms with Crippen molar-refractivity contribution in [3.8, 4) is 0 Å². The van der Waals surface area contributed by atoms with E-state index in [9.17, 15) is 30.6 Å². The molecule has 0 aromatic carbocycles.